The number of ether oxygens (including phenoxy) is 1. The number of likely N-dealkylation sites (N-methyl/N-ethyl adjacent to an activating group) is 1. The third-order valence-electron chi connectivity index (χ3n) is 4.42. The average molecular weight is 354 g/mol. The maximum atomic E-state index is 12.1. The first-order valence-corrected chi connectivity index (χ1v) is 8.90. The van der Waals surface area contributed by atoms with Crippen molar-refractivity contribution in [2.75, 3.05) is 50.1 Å². The monoisotopic (exact) mass is 354 g/mol. The average Bonchev–Trinajstić information content (AvgIpc) is 2.61. The van der Waals surface area contributed by atoms with Gasteiger partial charge in [-0.3, -0.25) is 4.79 Å². The number of benzene rings is 1. The lowest BCUT2D eigenvalue weighted by atomic mass is 10.1. The summed E-state index contributed by atoms with van der Waals surface area (Å²) in [5.74, 6) is 1.46. The highest BCUT2D eigenvalue weighted by molar-refractivity contribution is 5.91. The van der Waals surface area contributed by atoms with Crippen LogP contribution >= 0.6 is 0 Å². The standard InChI is InChI=1S/C20H26N4O2/c1-15-10-16(2)12-18(11-15)26-14-20(25)22-17-4-5-19(21-13-17)24-8-6-23(3)7-9-24/h4-5,10-13H,6-9,14H2,1-3H3,(H,22,25). The van der Waals surface area contributed by atoms with E-state index in [1.54, 1.807) is 6.20 Å². The Morgan fingerprint density at radius 1 is 1.12 bits per heavy atom. The van der Waals surface area contributed by atoms with Crippen LogP contribution in [0.1, 0.15) is 11.1 Å². The van der Waals surface area contributed by atoms with E-state index in [1.165, 1.54) is 0 Å². The minimum Gasteiger partial charge on any atom is -0.484 e. The molecule has 0 aliphatic carbocycles. The van der Waals surface area contributed by atoms with Gasteiger partial charge in [0.25, 0.3) is 5.91 Å². The number of piperazine rings is 1. The number of nitrogens with zero attached hydrogens (tertiary/aromatic N) is 3. The van der Waals surface area contributed by atoms with Crippen LogP contribution in [0.2, 0.25) is 0 Å². The zero-order valence-corrected chi connectivity index (χ0v) is 15.7. The molecular formula is C20H26N4O2. The fourth-order valence-electron chi connectivity index (χ4n) is 3.04. The highest BCUT2D eigenvalue weighted by Gasteiger charge is 2.15. The largest absolute Gasteiger partial charge is 0.484 e. The summed E-state index contributed by atoms with van der Waals surface area (Å²) in [6.45, 7) is 8.01. The molecule has 0 spiro atoms. The van der Waals surface area contributed by atoms with E-state index in [0.29, 0.717) is 11.4 Å². The van der Waals surface area contributed by atoms with Crippen LogP contribution in [0.15, 0.2) is 36.5 Å². The zero-order valence-electron chi connectivity index (χ0n) is 15.7. The first-order valence-electron chi connectivity index (χ1n) is 8.90. The molecule has 6 nitrogen and oxygen atoms in total. The quantitative estimate of drug-likeness (QED) is 0.894. The zero-order chi connectivity index (χ0) is 18.5. The molecule has 1 aromatic heterocycles. The van der Waals surface area contributed by atoms with Gasteiger partial charge >= 0.3 is 0 Å². The van der Waals surface area contributed by atoms with E-state index >= 15 is 0 Å². The number of carbonyl (C=O) groups is 1. The van der Waals surface area contributed by atoms with Crippen LogP contribution in [0.3, 0.4) is 0 Å². The first-order chi connectivity index (χ1) is 12.5. The van der Waals surface area contributed by atoms with Crippen molar-refractivity contribution in [3.05, 3.63) is 47.7 Å². The number of rotatable bonds is 5. The molecule has 1 aromatic carbocycles. The van der Waals surface area contributed by atoms with Crippen molar-refractivity contribution in [1.29, 1.82) is 0 Å². The molecule has 0 unspecified atom stereocenters. The van der Waals surface area contributed by atoms with Crippen molar-refractivity contribution < 1.29 is 9.53 Å². The predicted molar refractivity (Wildman–Crippen MR) is 104 cm³/mol. The number of aromatic nitrogens is 1. The number of nitrogens with one attached hydrogen (secondary N) is 1. The van der Waals surface area contributed by atoms with Crippen molar-refractivity contribution in [3.8, 4) is 5.75 Å². The van der Waals surface area contributed by atoms with Crippen molar-refractivity contribution in [3.63, 3.8) is 0 Å². The maximum absolute atomic E-state index is 12.1. The van der Waals surface area contributed by atoms with Gasteiger partial charge in [-0.25, -0.2) is 4.98 Å². The molecule has 3 rings (SSSR count). The molecule has 1 aliphatic rings. The van der Waals surface area contributed by atoms with Crippen molar-refractivity contribution in [1.82, 2.24) is 9.88 Å². The van der Waals surface area contributed by atoms with E-state index in [-0.39, 0.29) is 12.5 Å². The number of anilines is 2. The number of amides is 1. The van der Waals surface area contributed by atoms with Crippen LogP contribution in [0.4, 0.5) is 11.5 Å². The van der Waals surface area contributed by atoms with Gasteiger partial charge in [-0.15, -0.1) is 0 Å². The lowest BCUT2D eigenvalue weighted by Gasteiger charge is -2.33. The topological polar surface area (TPSA) is 57.7 Å². The summed E-state index contributed by atoms with van der Waals surface area (Å²) in [6, 6.07) is 9.75. The fraction of sp³-hybridized carbons (Fsp3) is 0.400. The van der Waals surface area contributed by atoms with Crippen molar-refractivity contribution in [2.45, 2.75) is 13.8 Å². The molecule has 1 saturated heterocycles. The molecule has 2 heterocycles. The SMILES string of the molecule is Cc1cc(C)cc(OCC(=O)Nc2ccc(N3CCN(C)CC3)nc2)c1. The van der Waals surface area contributed by atoms with Crippen LogP contribution in [0, 0.1) is 13.8 Å². The minimum atomic E-state index is -0.196. The van der Waals surface area contributed by atoms with E-state index < -0.39 is 0 Å². The van der Waals surface area contributed by atoms with Crippen molar-refractivity contribution in [2.24, 2.45) is 0 Å². The van der Waals surface area contributed by atoms with Gasteiger partial charge in [0.15, 0.2) is 6.61 Å². The van der Waals surface area contributed by atoms with Crippen molar-refractivity contribution >= 4 is 17.4 Å². The molecule has 1 amide bonds. The Bertz CT molecular complexity index is 733. The Morgan fingerprint density at radius 3 is 2.42 bits per heavy atom. The van der Waals surface area contributed by atoms with E-state index in [0.717, 1.165) is 43.1 Å². The summed E-state index contributed by atoms with van der Waals surface area (Å²) >= 11 is 0. The van der Waals surface area contributed by atoms with Crippen LogP contribution in [0.25, 0.3) is 0 Å². The Balaban J connectivity index is 1.51. The Labute approximate surface area is 154 Å². The Morgan fingerprint density at radius 2 is 1.81 bits per heavy atom. The molecule has 1 fully saturated rings. The lowest BCUT2D eigenvalue weighted by molar-refractivity contribution is -0.118. The minimum absolute atomic E-state index is 0.0247. The summed E-state index contributed by atoms with van der Waals surface area (Å²) in [4.78, 5) is 21.1. The molecule has 0 saturated carbocycles. The summed E-state index contributed by atoms with van der Waals surface area (Å²) in [7, 11) is 2.13. The molecule has 138 valence electrons. The van der Waals surface area contributed by atoms with E-state index in [4.69, 9.17) is 4.74 Å². The second kappa shape index (κ2) is 8.19. The van der Waals surface area contributed by atoms with Gasteiger partial charge in [0.05, 0.1) is 11.9 Å². The molecule has 0 atom stereocenters. The van der Waals surface area contributed by atoms with Gasteiger partial charge < -0.3 is 19.9 Å². The Hall–Kier alpha value is -2.60. The van der Waals surface area contributed by atoms with Gasteiger partial charge in [-0.2, -0.15) is 0 Å². The van der Waals surface area contributed by atoms with Crippen LogP contribution < -0.4 is 15.0 Å². The smallest absolute Gasteiger partial charge is 0.262 e. The third kappa shape index (κ3) is 4.95. The second-order valence-corrected chi connectivity index (χ2v) is 6.86. The number of hydrogen-bond acceptors (Lipinski definition) is 5. The summed E-state index contributed by atoms with van der Waals surface area (Å²) in [5.41, 5.74) is 2.91. The highest BCUT2D eigenvalue weighted by atomic mass is 16.5. The number of hydrogen-bond donors (Lipinski definition) is 1. The maximum Gasteiger partial charge on any atom is 0.262 e. The van der Waals surface area contributed by atoms with Gasteiger partial charge in [-0.1, -0.05) is 6.07 Å². The fourth-order valence-corrected chi connectivity index (χ4v) is 3.04. The molecule has 1 N–H and O–H groups in total. The molecule has 0 bridgehead atoms. The number of pyridine rings is 1. The Kier molecular flexibility index (Phi) is 5.73. The summed E-state index contributed by atoms with van der Waals surface area (Å²) in [5, 5.41) is 2.83. The third-order valence-corrected chi connectivity index (χ3v) is 4.42. The van der Waals surface area contributed by atoms with Gasteiger partial charge in [0.1, 0.15) is 11.6 Å². The molecule has 0 radical (unpaired) electrons. The molecule has 1 aliphatic heterocycles. The van der Waals surface area contributed by atoms with Gasteiger partial charge in [-0.05, 0) is 56.3 Å². The highest BCUT2D eigenvalue weighted by Crippen LogP contribution is 2.17. The van der Waals surface area contributed by atoms with Crippen LogP contribution in [0.5, 0.6) is 5.75 Å². The van der Waals surface area contributed by atoms with Crippen LogP contribution in [-0.2, 0) is 4.79 Å². The lowest BCUT2D eigenvalue weighted by Crippen LogP contribution is -2.44. The number of carbonyl (C=O) groups excluding carboxylic acids is 1. The summed E-state index contributed by atoms with van der Waals surface area (Å²) < 4.78 is 5.59. The normalized spacial score (nSPS) is 15.0. The van der Waals surface area contributed by atoms with E-state index in [1.807, 2.05) is 38.1 Å². The summed E-state index contributed by atoms with van der Waals surface area (Å²) in [6.07, 6.45) is 1.70. The van der Waals surface area contributed by atoms with E-state index in [2.05, 4.69) is 33.2 Å². The molecule has 26 heavy (non-hydrogen) atoms. The predicted octanol–water partition coefficient (Wildman–Crippen LogP) is 2.47. The van der Waals surface area contributed by atoms with Gasteiger partial charge in [0, 0.05) is 26.2 Å². The molecule has 6 heteroatoms. The van der Waals surface area contributed by atoms with Crippen LogP contribution in [-0.4, -0.2) is 55.6 Å². The first kappa shape index (κ1) is 18.2. The van der Waals surface area contributed by atoms with Gasteiger partial charge in [0.2, 0.25) is 0 Å². The number of aryl methyl sites for hydroxylation is 2. The molecule has 2 aromatic rings. The molecular weight excluding hydrogens is 328 g/mol. The van der Waals surface area contributed by atoms with E-state index in [9.17, 15) is 4.79 Å². The second-order valence-electron chi connectivity index (χ2n) is 6.86.